The maximum atomic E-state index is 11.2. The third kappa shape index (κ3) is 3.28. The third-order valence-corrected chi connectivity index (χ3v) is 2.87. The molecule has 0 spiro atoms. The van der Waals surface area contributed by atoms with Crippen molar-refractivity contribution in [1.29, 1.82) is 0 Å². The summed E-state index contributed by atoms with van der Waals surface area (Å²) in [5.41, 5.74) is 3.46. The Morgan fingerprint density at radius 1 is 1.32 bits per heavy atom. The second-order valence-electron chi connectivity index (χ2n) is 4.18. The zero-order chi connectivity index (χ0) is 13.7. The van der Waals surface area contributed by atoms with Crippen LogP contribution >= 0.6 is 0 Å². The van der Waals surface area contributed by atoms with Crippen LogP contribution in [0, 0.1) is 0 Å². The van der Waals surface area contributed by atoms with Crippen LogP contribution in [-0.2, 0) is 11.2 Å². The molecule has 1 heterocycles. The molecule has 19 heavy (non-hydrogen) atoms. The lowest BCUT2D eigenvalue weighted by molar-refractivity contribution is -0.111. The van der Waals surface area contributed by atoms with Gasteiger partial charge in [-0.3, -0.25) is 4.79 Å². The molecule has 0 aliphatic carbocycles. The highest BCUT2D eigenvalue weighted by atomic mass is 16.1. The summed E-state index contributed by atoms with van der Waals surface area (Å²) in [7, 11) is 0. The molecule has 96 valence electrons. The summed E-state index contributed by atoms with van der Waals surface area (Å²) in [5, 5.41) is 2.62. The number of carbonyl (C=O) groups is 1. The van der Waals surface area contributed by atoms with Gasteiger partial charge < -0.3 is 5.32 Å². The van der Waals surface area contributed by atoms with E-state index in [9.17, 15) is 4.79 Å². The highest BCUT2D eigenvalue weighted by molar-refractivity contribution is 5.98. The van der Waals surface area contributed by atoms with E-state index in [1.165, 1.54) is 11.6 Å². The molecule has 0 saturated heterocycles. The fourth-order valence-electron chi connectivity index (χ4n) is 1.79. The molecule has 1 N–H and O–H groups in total. The number of hydrogen-bond donors (Lipinski definition) is 1. The molecule has 1 aromatic heterocycles. The molecule has 2 aromatic rings. The molecular weight excluding hydrogens is 236 g/mol. The van der Waals surface area contributed by atoms with Crippen LogP contribution in [-0.4, -0.2) is 10.9 Å². The first kappa shape index (κ1) is 13.0. The van der Waals surface area contributed by atoms with Crippen LogP contribution in [0.15, 0.2) is 55.3 Å². The predicted octanol–water partition coefficient (Wildman–Crippen LogP) is 3.44. The molecule has 0 saturated carbocycles. The number of aromatic nitrogens is 1. The van der Waals surface area contributed by atoms with Crippen molar-refractivity contribution in [3.8, 4) is 11.1 Å². The molecule has 0 radical (unpaired) electrons. The topological polar surface area (TPSA) is 42.0 Å². The first-order valence-electron chi connectivity index (χ1n) is 6.21. The van der Waals surface area contributed by atoms with E-state index in [2.05, 4.69) is 42.0 Å². The Bertz CT molecular complexity index is 588. The average molecular weight is 252 g/mol. The van der Waals surface area contributed by atoms with Gasteiger partial charge in [-0.25, -0.2) is 4.98 Å². The maximum absolute atomic E-state index is 11.2. The van der Waals surface area contributed by atoms with Gasteiger partial charge in [0, 0.05) is 11.8 Å². The maximum Gasteiger partial charge on any atom is 0.248 e. The van der Waals surface area contributed by atoms with E-state index >= 15 is 0 Å². The van der Waals surface area contributed by atoms with Crippen LogP contribution in [0.4, 0.5) is 5.82 Å². The first-order valence-corrected chi connectivity index (χ1v) is 6.21. The van der Waals surface area contributed by atoms with Crippen LogP contribution in [0.2, 0.25) is 0 Å². The number of aryl methyl sites for hydroxylation is 1. The van der Waals surface area contributed by atoms with Gasteiger partial charge in [-0.05, 0) is 35.8 Å². The summed E-state index contributed by atoms with van der Waals surface area (Å²) in [6.07, 6.45) is 3.99. The molecule has 0 aliphatic heterocycles. The van der Waals surface area contributed by atoms with Crippen LogP contribution in [0.25, 0.3) is 11.1 Å². The van der Waals surface area contributed by atoms with Gasteiger partial charge in [-0.2, -0.15) is 0 Å². The molecule has 1 amide bonds. The number of amides is 1. The minimum Gasteiger partial charge on any atom is -0.307 e. The molecule has 0 bridgehead atoms. The van der Waals surface area contributed by atoms with E-state index in [0.29, 0.717) is 5.82 Å². The van der Waals surface area contributed by atoms with E-state index < -0.39 is 0 Å². The van der Waals surface area contributed by atoms with Gasteiger partial charge in [-0.15, -0.1) is 0 Å². The van der Waals surface area contributed by atoms with Crippen molar-refractivity contribution in [3.05, 3.63) is 60.8 Å². The number of pyridine rings is 1. The Kier molecular flexibility index (Phi) is 4.08. The minimum atomic E-state index is -0.256. The van der Waals surface area contributed by atoms with Crippen LogP contribution in [0.5, 0.6) is 0 Å². The van der Waals surface area contributed by atoms with Gasteiger partial charge in [0.15, 0.2) is 0 Å². The van der Waals surface area contributed by atoms with Crippen LogP contribution < -0.4 is 5.32 Å². The van der Waals surface area contributed by atoms with Crippen molar-refractivity contribution in [3.63, 3.8) is 0 Å². The SMILES string of the molecule is C=CC(=O)Nc1ccc(-c2cccc(CC)c2)cn1. The van der Waals surface area contributed by atoms with Gasteiger partial charge in [-0.1, -0.05) is 37.8 Å². The van der Waals surface area contributed by atoms with Crippen molar-refractivity contribution in [1.82, 2.24) is 4.98 Å². The Labute approximate surface area is 113 Å². The van der Waals surface area contributed by atoms with Crippen LogP contribution in [0.3, 0.4) is 0 Å². The summed E-state index contributed by atoms with van der Waals surface area (Å²) < 4.78 is 0. The van der Waals surface area contributed by atoms with Crippen LogP contribution in [0.1, 0.15) is 12.5 Å². The average Bonchev–Trinajstić information content (AvgIpc) is 2.48. The number of carbonyl (C=O) groups excluding carboxylic acids is 1. The lowest BCUT2D eigenvalue weighted by atomic mass is 10.0. The lowest BCUT2D eigenvalue weighted by Crippen LogP contribution is -2.08. The van der Waals surface area contributed by atoms with Crippen molar-refractivity contribution in [2.75, 3.05) is 5.32 Å². The number of hydrogen-bond acceptors (Lipinski definition) is 2. The quantitative estimate of drug-likeness (QED) is 0.847. The smallest absolute Gasteiger partial charge is 0.248 e. The Morgan fingerprint density at radius 2 is 2.16 bits per heavy atom. The number of anilines is 1. The summed E-state index contributed by atoms with van der Waals surface area (Å²) in [5.74, 6) is 0.272. The number of benzene rings is 1. The monoisotopic (exact) mass is 252 g/mol. The Hall–Kier alpha value is -2.42. The van der Waals surface area contributed by atoms with E-state index in [0.717, 1.165) is 17.5 Å². The predicted molar refractivity (Wildman–Crippen MR) is 77.9 cm³/mol. The van der Waals surface area contributed by atoms with Crippen molar-refractivity contribution < 1.29 is 4.79 Å². The first-order chi connectivity index (χ1) is 9.22. The second kappa shape index (κ2) is 5.96. The normalized spacial score (nSPS) is 9.95. The fourth-order valence-corrected chi connectivity index (χ4v) is 1.79. The molecule has 3 heteroatoms. The van der Waals surface area contributed by atoms with Crippen molar-refractivity contribution >= 4 is 11.7 Å². The van der Waals surface area contributed by atoms with Crippen molar-refractivity contribution in [2.45, 2.75) is 13.3 Å². The Morgan fingerprint density at radius 3 is 2.79 bits per heavy atom. The molecule has 3 nitrogen and oxygen atoms in total. The lowest BCUT2D eigenvalue weighted by Gasteiger charge is -2.05. The Balaban J connectivity index is 2.21. The highest BCUT2D eigenvalue weighted by Gasteiger charge is 2.01. The van der Waals surface area contributed by atoms with Crippen molar-refractivity contribution in [2.24, 2.45) is 0 Å². The minimum absolute atomic E-state index is 0.256. The van der Waals surface area contributed by atoms with Gasteiger partial charge in [0.05, 0.1) is 0 Å². The summed E-state index contributed by atoms with van der Waals surface area (Å²) >= 11 is 0. The largest absolute Gasteiger partial charge is 0.307 e. The standard InChI is InChI=1S/C16H16N2O/c1-3-12-6-5-7-13(10-12)14-8-9-15(17-11-14)18-16(19)4-2/h4-11H,2-3H2,1H3,(H,17,18,19). The number of rotatable bonds is 4. The van der Waals surface area contributed by atoms with Gasteiger partial charge in [0.25, 0.3) is 0 Å². The molecule has 0 atom stereocenters. The molecule has 2 rings (SSSR count). The molecular formula is C16H16N2O. The van der Waals surface area contributed by atoms with E-state index in [4.69, 9.17) is 0 Å². The third-order valence-electron chi connectivity index (χ3n) is 2.87. The van der Waals surface area contributed by atoms with Gasteiger partial charge >= 0.3 is 0 Å². The summed E-state index contributed by atoms with van der Waals surface area (Å²) in [6.45, 7) is 5.53. The zero-order valence-corrected chi connectivity index (χ0v) is 10.9. The van der Waals surface area contributed by atoms with E-state index in [1.54, 1.807) is 12.3 Å². The van der Waals surface area contributed by atoms with E-state index in [1.807, 2.05) is 12.1 Å². The fraction of sp³-hybridized carbons (Fsp3) is 0.125. The zero-order valence-electron chi connectivity index (χ0n) is 10.9. The van der Waals surface area contributed by atoms with Gasteiger partial charge in [0.2, 0.25) is 5.91 Å². The number of nitrogens with one attached hydrogen (secondary N) is 1. The highest BCUT2D eigenvalue weighted by Crippen LogP contribution is 2.21. The molecule has 0 fully saturated rings. The van der Waals surface area contributed by atoms with E-state index in [-0.39, 0.29) is 5.91 Å². The second-order valence-corrected chi connectivity index (χ2v) is 4.18. The molecule has 0 unspecified atom stereocenters. The molecule has 0 aliphatic rings. The molecule has 1 aromatic carbocycles. The number of nitrogens with zero attached hydrogens (tertiary/aromatic N) is 1. The summed E-state index contributed by atoms with van der Waals surface area (Å²) in [4.78, 5) is 15.4. The summed E-state index contributed by atoms with van der Waals surface area (Å²) in [6, 6.07) is 12.1. The van der Waals surface area contributed by atoms with Gasteiger partial charge in [0.1, 0.15) is 5.82 Å².